The molecule has 4 heteroatoms. The molecule has 0 aromatic heterocycles. The lowest BCUT2D eigenvalue weighted by molar-refractivity contribution is 0.817. The lowest BCUT2D eigenvalue weighted by atomic mass is 10.1. The van der Waals surface area contributed by atoms with Crippen LogP contribution in [0.1, 0.15) is 24.1 Å². The van der Waals surface area contributed by atoms with Crippen molar-refractivity contribution in [3.63, 3.8) is 0 Å². The Morgan fingerprint density at radius 2 is 1.84 bits per heavy atom. The zero-order chi connectivity index (χ0) is 13.8. The first-order chi connectivity index (χ1) is 9.08. The van der Waals surface area contributed by atoms with Crippen molar-refractivity contribution in [2.24, 2.45) is 5.73 Å². The number of hydrogen-bond acceptors (Lipinski definition) is 2. The number of nitrogens with two attached hydrogens (primary N) is 1. The largest absolute Gasteiger partial charge is 0.324 e. The minimum Gasteiger partial charge on any atom is -0.324 e. The van der Waals surface area contributed by atoms with Gasteiger partial charge in [0, 0.05) is 21.7 Å². The highest BCUT2D eigenvalue weighted by Gasteiger charge is 2.07. The van der Waals surface area contributed by atoms with Crippen molar-refractivity contribution in [1.82, 2.24) is 0 Å². The maximum atomic E-state index is 6.27. The molecule has 2 N–H and O–H groups in total. The SMILES string of the molecule is C[C@@H](N)c1ccc(SCc2ccccc2Cl)c(Cl)c1. The maximum Gasteiger partial charge on any atom is 0.0545 e. The fourth-order valence-corrected chi connectivity index (χ4v) is 3.25. The Morgan fingerprint density at radius 3 is 2.47 bits per heavy atom. The summed E-state index contributed by atoms with van der Waals surface area (Å²) in [6.45, 7) is 1.95. The summed E-state index contributed by atoms with van der Waals surface area (Å²) in [6.07, 6.45) is 0. The topological polar surface area (TPSA) is 26.0 Å². The van der Waals surface area contributed by atoms with Gasteiger partial charge in [-0.05, 0) is 36.2 Å². The zero-order valence-corrected chi connectivity index (χ0v) is 12.9. The summed E-state index contributed by atoms with van der Waals surface area (Å²) in [5.74, 6) is 0.802. The van der Waals surface area contributed by atoms with Gasteiger partial charge in [0.25, 0.3) is 0 Å². The first-order valence-corrected chi connectivity index (χ1v) is 7.73. The van der Waals surface area contributed by atoms with Gasteiger partial charge in [0.2, 0.25) is 0 Å². The zero-order valence-electron chi connectivity index (χ0n) is 10.6. The third kappa shape index (κ3) is 3.90. The summed E-state index contributed by atoms with van der Waals surface area (Å²) in [5.41, 5.74) is 8.00. The predicted molar refractivity (Wildman–Crippen MR) is 85.1 cm³/mol. The lowest BCUT2D eigenvalue weighted by Gasteiger charge is -2.10. The van der Waals surface area contributed by atoms with Crippen LogP contribution in [0.5, 0.6) is 0 Å². The Bertz CT molecular complexity index is 570. The van der Waals surface area contributed by atoms with E-state index in [1.54, 1.807) is 11.8 Å². The van der Waals surface area contributed by atoms with Crippen LogP contribution in [0.4, 0.5) is 0 Å². The number of halogens is 2. The molecule has 0 saturated carbocycles. The molecule has 0 fully saturated rings. The van der Waals surface area contributed by atoms with E-state index in [4.69, 9.17) is 28.9 Å². The third-order valence-electron chi connectivity index (χ3n) is 2.82. The van der Waals surface area contributed by atoms with Gasteiger partial charge >= 0.3 is 0 Å². The highest BCUT2D eigenvalue weighted by Crippen LogP contribution is 2.33. The minimum atomic E-state index is 0.000109. The molecule has 0 saturated heterocycles. The summed E-state index contributed by atoms with van der Waals surface area (Å²) in [6, 6.07) is 13.8. The first-order valence-electron chi connectivity index (χ1n) is 5.99. The van der Waals surface area contributed by atoms with Crippen LogP contribution < -0.4 is 5.73 Å². The van der Waals surface area contributed by atoms with Crippen LogP contribution in [0.2, 0.25) is 10.0 Å². The molecule has 0 aliphatic rings. The monoisotopic (exact) mass is 311 g/mol. The van der Waals surface area contributed by atoms with Gasteiger partial charge in [-0.15, -0.1) is 11.8 Å². The summed E-state index contributed by atoms with van der Waals surface area (Å²) in [5, 5.41) is 1.53. The van der Waals surface area contributed by atoms with Gasteiger partial charge in [-0.2, -0.15) is 0 Å². The molecule has 0 spiro atoms. The molecule has 0 unspecified atom stereocenters. The summed E-state index contributed by atoms with van der Waals surface area (Å²) < 4.78 is 0. The predicted octanol–water partition coefficient (Wildman–Crippen LogP) is 5.31. The van der Waals surface area contributed by atoms with Crippen molar-refractivity contribution in [3.05, 3.63) is 63.6 Å². The van der Waals surface area contributed by atoms with Crippen LogP contribution in [-0.4, -0.2) is 0 Å². The smallest absolute Gasteiger partial charge is 0.0545 e. The molecule has 2 aromatic carbocycles. The summed E-state index contributed by atoms with van der Waals surface area (Å²) in [4.78, 5) is 1.05. The molecule has 0 aliphatic heterocycles. The highest BCUT2D eigenvalue weighted by atomic mass is 35.5. The Hall–Kier alpha value is -0.670. The second-order valence-corrected chi connectivity index (χ2v) is 6.19. The van der Waals surface area contributed by atoms with Crippen LogP contribution in [0, 0.1) is 0 Å². The van der Waals surface area contributed by atoms with E-state index in [2.05, 4.69) is 0 Å². The van der Waals surface area contributed by atoms with Crippen molar-refractivity contribution < 1.29 is 0 Å². The van der Waals surface area contributed by atoms with Crippen LogP contribution in [-0.2, 0) is 5.75 Å². The Kier molecular flexibility index (Phi) is 5.17. The van der Waals surface area contributed by atoms with E-state index in [0.29, 0.717) is 0 Å². The molecule has 1 nitrogen and oxygen atoms in total. The Labute approximate surface area is 128 Å². The van der Waals surface area contributed by atoms with Crippen LogP contribution in [0.25, 0.3) is 0 Å². The van der Waals surface area contributed by atoms with E-state index in [9.17, 15) is 0 Å². The van der Waals surface area contributed by atoms with Crippen LogP contribution >= 0.6 is 35.0 Å². The van der Waals surface area contributed by atoms with Crippen LogP contribution in [0.15, 0.2) is 47.4 Å². The van der Waals surface area contributed by atoms with E-state index in [-0.39, 0.29) is 6.04 Å². The molecule has 0 heterocycles. The Balaban J connectivity index is 2.10. The molecule has 0 radical (unpaired) electrons. The van der Waals surface area contributed by atoms with E-state index >= 15 is 0 Å². The molecule has 0 aliphatic carbocycles. The van der Waals surface area contributed by atoms with Gasteiger partial charge in [-0.3, -0.25) is 0 Å². The Morgan fingerprint density at radius 1 is 1.11 bits per heavy atom. The molecular weight excluding hydrogens is 297 g/mol. The number of thioether (sulfide) groups is 1. The molecule has 100 valence electrons. The second-order valence-electron chi connectivity index (χ2n) is 4.36. The van der Waals surface area contributed by atoms with Crippen molar-refractivity contribution in [1.29, 1.82) is 0 Å². The van der Waals surface area contributed by atoms with Crippen molar-refractivity contribution in [3.8, 4) is 0 Å². The minimum absolute atomic E-state index is 0.000109. The fraction of sp³-hybridized carbons (Fsp3) is 0.200. The van der Waals surface area contributed by atoms with Gasteiger partial charge in [-0.25, -0.2) is 0 Å². The van der Waals surface area contributed by atoms with E-state index in [1.807, 2.05) is 49.4 Å². The third-order valence-corrected chi connectivity index (χ3v) is 4.74. The normalized spacial score (nSPS) is 12.4. The number of rotatable bonds is 4. The summed E-state index contributed by atoms with van der Waals surface area (Å²) >= 11 is 14.1. The van der Waals surface area contributed by atoms with Gasteiger partial charge < -0.3 is 5.73 Å². The molecule has 1 atom stereocenters. The molecule has 0 bridgehead atoms. The number of benzene rings is 2. The second kappa shape index (κ2) is 6.67. The van der Waals surface area contributed by atoms with E-state index in [1.165, 1.54) is 0 Å². The van der Waals surface area contributed by atoms with E-state index < -0.39 is 0 Å². The van der Waals surface area contributed by atoms with Crippen LogP contribution in [0.3, 0.4) is 0 Å². The first kappa shape index (κ1) is 14.7. The number of hydrogen-bond donors (Lipinski definition) is 1. The summed E-state index contributed by atoms with van der Waals surface area (Å²) in [7, 11) is 0. The molecule has 2 rings (SSSR count). The fourth-order valence-electron chi connectivity index (χ4n) is 1.69. The van der Waals surface area contributed by atoms with E-state index in [0.717, 1.165) is 31.8 Å². The lowest BCUT2D eigenvalue weighted by Crippen LogP contribution is -2.04. The average Bonchev–Trinajstić information content (AvgIpc) is 2.39. The molecule has 2 aromatic rings. The maximum absolute atomic E-state index is 6.27. The van der Waals surface area contributed by atoms with Gasteiger partial charge in [-0.1, -0.05) is 47.5 Å². The quantitative estimate of drug-likeness (QED) is 0.775. The average molecular weight is 312 g/mol. The van der Waals surface area contributed by atoms with Crippen molar-refractivity contribution >= 4 is 35.0 Å². The van der Waals surface area contributed by atoms with Crippen molar-refractivity contribution in [2.75, 3.05) is 0 Å². The van der Waals surface area contributed by atoms with Gasteiger partial charge in [0.15, 0.2) is 0 Å². The standard InChI is InChI=1S/C15H15Cl2NS/c1-10(18)11-6-7-15(14(17)8-11)19-9-12-4-2-3-5-13(12)16/h2-8,10H,9,18H2,1H3/t10-/m1/s1. The molecular formula is C15H15Cl2NS. The molecule has 19 heavy (non-hydrogen) atoms. The van der Waals surface area contributed by atoms with Crippen molar-refractivity contribution in [2.45, 2.75) is 23.6 Å². The highest BCUT2D eigenvalue weighted by molar-refractivity contribution is 7.98. The molecule has 0 amide bonds. The van der Waals surface area contributed by atoms with Gasteiger partial charge in [0.1, 0.15) is 0 Å². The van der Waals surface area contributed by atoms with Gasteiger partial charge in [0.05, 0.1) is 5.02 Å².